The summed E-state index contributed by atoms with van der Waals surface area (Å²) in [5, 5.41) is 22.2. The molecule has 3 N–H and O–H groups in total. The van der Waals surface area contributed by atoms with Gasteiger partial charge in [0, 0.05) is 31.1 Å². The van der Waals surface area contributed by atoms with Gasteiger partial charge in [0.15, 0.2) is 0 Å². The highest BCUT2D eigenvalue weighted by Gasteiger charge is 2.31. The first-order chi connectivity index (χ1) is 15.6. The van der Waals surface area contributed by atoms with Gasteiger partial charge in [0.2, 0.25) is 11.9 Å². The van der Waals surface area contributed by atoms with E-state index in [-0.39, 0.29) is 12.5 Å². The lowest BCUT2D eigenvalue weighted by molar-refractivity contribution is -0.134. The van der Waals surface area contributed by atoms with E-state index in [4.69, 9.17) is 9.73 Å². The number of amides is 1. The molecule has 8 nitrogen and oxygen atoms in total. The van der Waals surface area contributed by atoms with E-state index in [0.29, 0.717) is 44.7 Å². The minimum absolute atomic E-state index is 0.0351. The lowest BCUT2D eigenvalue weighted by Gasteiger charge is -2.28. The number of nitrogens with zero attached hydrogens (tertiary/aromatic N) is 3. The Morgan fingerprint density at radius 2 is 2.09 bits per heavy atom. The van der Waals surface area contributed by atoms with Gasteiger partial charge >= 0.3 is 0 Å². The first kappa shape index (κ1) is 22.9. The zero-order chi connectivity index (χ0) is 22.5. The van der Waals surface area contributed by atoms with Crippen LogP contribution in [0.15, 0.2) is 17.1 Å². The number of carbonyl (C=O) groups is 1. The summed E-state index contributed by atoms with van der Waals surface area (Å²) in [5.41, 5.74) is 3.16. The molecule has 1 aliphatic carbocycles. The molecule has 0 radical (unpaired) electrons. The molecular weight excluding hydrogens is 408 g/mol. The van der Waals surface area contributed by atoms with Crippen LogP contribution in [0, 0.1) is 6.92 Å². The summed E-state index contributed by atoms with van der Waals surface area (Å²) in [4.78, 5) is 21.3. The topological polar surface area (TPSA) is 97.6 Å². The number of rotatable bonds is 10. The molecule has 2 aliphatic heterocycles. The summed E-state index contributed by atoms with van der Waals surface area (Å²) < 4.78 is 6.06. The van der Waals surface area contributed by atoms with Gasteiger partial charge in [-0.15, -0.1) is 0 Å². The van der Waals surface area contributed by atoms with E-state index in [9.17, 15) is 15.0 Å². The average molecular weight is 445 g/mol. The van der Waals surface area contributed by atoms with Crippen LogP contribution >= 0.6 is 0 Å². The van der Waals surface area contributed by atoms with Crippen LogP contribution in [-0.2, 0) is 11.3 Å². The molecule has 1 atom stereocenters. The normalized spacial score (nSPS) is 19.9. The summed E-state index contributed by atoms with van der Waals surface area (Å²) in [5.74, 6) is 1.65. The van der Waals surface area contributed by atoms with Crippen molar-refractivity contribution in [2.24, 2.45) is 4.99 Å². The maximum Gasteiger partial charge on any atom is 0.222 e. The van der Waals surface area contributed by atoms with E-state index >= 15 is 0 Å². The Morgan fingerprint density at radius 3 is 2.88 bits per heavy atom. The summed E-state index contributed by atoms with van der Waals surface area (Å²) in [6.07, 6.45) is 7.08. The number of guanidine groups is 1. The molecule has 1 aromatic rings. The molecule has 0 spiro atoms. The number of nitrogens with one attached hydrogen (secondary N) is 1. The summed E-state index contributed by atoms with van der Waals surface area (Å²) in [6, 6.07) is 4.35. The molecule has 0 aromatic heterocycles. The van der Waals surface area contributed by atoms with Gasteiger partial charge < -0.3 is 30.1 Å². The number of fused-ring (bicyclic) bond motifs is 2. The molecule has 4 rings (SSSR count). The first-order valence-electron chi connectivity index (χ1n) is 12.0. The Balaban J connectivity index is 1.24. The minimum Gasteiger partial charge on any atom is -0.491 e. The van der Waals surface area contributed by atoms with E-state index in [0.717, 1.165) is 49.1 Å². The van der Waals surface area contributed by atoms with Gasteiger partial charge in [-0.2, -0.15) is 0 Å². The number of aliphatic imine (C=N–C) groups is 1. The highest BCUT2D eigenvalue weighted by molar-refractivity contribution is 5.88. The highest BCUT2D eigenvalue weighted by atomic mass is 16.5. The van der Waals surface area contributed by atoms with Gasteiger partial charge in [-0.05, 0) is 50.7 Å². The number of aliphatic hydroxyl groups is 2. The second-order valence-electron chi connectivity index (χ2n) is 9.09. The first-order valence-corrected chi connectivity index (χ1v) is 12.0. The third-order valence-electron chi connectivity index (χ3n) is 6.75. The standard InChI is InChI=1S/C24H36N4O4/c1-17-10-11-20(23-19(17)15-27-16-21(30)25-24(27)26-23)32-14-6-2-3-9-22(31)28(12-13-29)18-7-4-5-8-18/h10-11,18,21,29-30H,2-9,12-16H2,1H3,(H,25,26). The fourth-order valence-corrected chi connectivity index (χ4v) is 4.99. The number of hydrogen-bond acceptors (Lipinski definition) is 7. The largest absolute Gasteiger partial charge is 0.491 e. The van der Waals surface area contributed by atoms with Crippen LogP contribution in [0.3, 0.4) is 0 Å². The Kier molecular flexibility index (Phi) is 7.52. The van der Waals surface area contributed by atoms with Crippen molar-refractivity contribution in [2.45, 2.75) is 77.1 Å². The predicted molar refractivity (Wildman–Crippen MR) is 123 cm³/mol. The molecule has 1 aromatic carbocycles. The molecule has 1 amide bonds. The number of aliphatic hydroxyl groups excluding tert-OH is 2. The monoisotopic (exact) mass is 444 g/mol. The third-order valence-corrected chi connectivity index (χ3v) is 6.75. The van der Waals surface area contributed by atoms with Crippen molar-refractivity contribution in [1.29, 1.82) is 0 Å². The third kappa shape index (κ3) is 5.18. The number of unbranched alkanes of at least 4 members (excludes halogenated alkanes) is 2. The molecule has 8 heteroatoms. The van der Waals surface area contributed by atoms with E-state index in [1.54, 1.807) is 0 Å². The second-order valence-corrected chi connectivity index (χ2v) is 9.09. The van der Waals surface area contributed by atoms with Gasteiger partial charge in [-0.1, -0.05) is 18.9 Å². The van der Waals surface area contributed by atoms with Crippen molar-refractivity contribution in [3.63, 3.8) is 0 Å². The fourth-order valence-electron chi connectivity index (χ4n) is 4.99. The van der Waals surface area contributed by atoms with Crippen molar-refractivity contribution in [3.05, 3.63) is 23.3 Å². The molecule has 2 heterocycles. The number of hydrogen-bond donors (Lipinski definition) is 3. The Labute approximate surface area is 190 Å². The minimum atomic E-state index is -0.586. The Morgan fingerprint density at radius 1 is 1.28 bits per heavy atom. The van der Waals surface area contributed by atoms with Crippen molar-refractivity contribution in [2.75, 3.05) is 26.3 Å². The maximum absolute atomic E-state index is 12.6. The molecule has 176 valence electrons. The smallest absolute Gasteiger partial charge is 0.222 e. The number of aryl methyl sites for hydroxylation is 1. The van der Waals surface area contributed by atoms with Gasteiger partial charge in [0.05, 0.1) is 19.8 Å². The van der Waals surface area contributed by atoms with Gasteiger partial charge in [0.1, 0.15) is 17.7 Å². The van der Waals surface area contributed by atoms with Gasteiger partial charge in [0.25, 0.3) is 0 Å². The molecule has 32 heavy (non-hydrogen) atoms. The fraction of sp³-hybridized carbons (Fsp3) is 0.667. The summed E-state index contributed by atoms with van der Waals surface area (Å²) in [6.45, 7) is 4.40. The van der Waals surface area contributed by atoms with E-state index < -0.39 is 6.23 Å². The lowest BCUT2D eigenvalue weighted by Crippen LogP contribution is -2.40. The molecule has 1 unspecified atom stereocenters. The summed E-state index contributed by atoms with van der Waals surface area (Å²) >= 11 is 0. The van der Waals surface area contributed by atoms with Gasteiger partial charge in [-0.25, -0.2) is 4.99 Å². The highest BCUT2D eigenvalue weighted by Crippen LogP contribution is 2.38. The number of ether oxygens (including phenoxy) is 1. The molecular formula is C24H36N4O4. The zero-order valence-corrected chi connectivity index (χ0v) is 19.1. The van der Waals surface area contributed by atoms with Crippen LogP contribution in [0.5, 0.6) is 5.75 Å². The van der Waals surface area contributed by atoms with Crippen LogP contribution in [0.2, 0.25) is 0 Å². The van der Waals surface area contributed by atoms with Crippen molar-refractivity contribution in [1.82, 2.24) is 15.1 Å². The number of benzene rings is 1. The number of carbonyl (C=O) groups excluding carboxylic acids is 1. The van der Waals surface area contributed by atoms with Crippen LogP contribution < -0.4 is 10.1 Å². The summed E-state index contributed by atoms with van der Waals surface area (Å²) in [7, 11) is 0. The van der Waals surface area contributed by atoms with Crippen LogP contribution in [-0.4, -0.2) is 70.5 Å². The molecule has 3 aliphatic rings. The Bertz CT molecular complexity index is 838. The van der Waals surface area contributed by atoms with Crippen LogP contribution in [0.4, 0.5) is 5.69 Å². The SMILES string of the molecule is Cc1ccc(OCCCCCC(=O)N(CCO)C2CCCC2)c2c1CN1CC(O)NC1=N2. The van der Waals surface area contributed by atoms with E-state index in [1.807, 2.05) is 15.9 Å². The molecule has 1 saturated heterocycles. The van der Waals surface area contributed by atoms with E-state index in [2.05, 4.69) is 18.3 Å². The average Bonchev–Trinajstić information content (AvgIpc) is 3.43. The van der Waals surface area contributed by atoms with Crippen molar-refractivity contribution >= 4 is 17.6 Å². The maximum atomic E-state index is 12.6. The second kappa shape index (κ2) is 10.5. The lowest BCUT2D eigenvalue weighted by atomic mass is 10.0. The molecule has 1 saturated carbocycles. The molecule has 0 bridgehead atoms. The van der Waals surface area contributed by atoms with E-state index in [1.165, 1.54) is 18.4 Å². The van der Waals surface area contributed by atoms with Crippen LogP contribution in [0.25, 0.3) is 0 Å². The van der Waals surface area contributed by atoms with Crippen molar-refractivity contribution in [3.8, 4) is 5.75 Å². The molecule has 2 fully saturated rings. The quantitative estimate of drug-likeness (QED) is 0.480. The van der Waals surface area contributed by atoms with Crippen LogP contribution in [0.1, 0.15) is 62.5 Å². The Hall–Kier alpha value is -2.32. The predicted octanol–water partition coefficient (Wildman–Crippen LogP) is 2.42. The zero-order valence-electron chi connectivity index (χ0n) is 19.1. The van der Waals surface area contributed by atoms with Crippen molar-refractivity contribution < 1.29 is 19.7 Å². The van der Waals surface area contributed by atoms with Gasteiger partial charge in [-0.3, -0.25) is 4.79 Å².